The van der Waals surface area contributed by atoms with Crippen LogP contribution in [-0.2, 0) is 11.3 Å². The van der Waals surface area contributed by atoms with E-state index in [0.29, 0.717) is 11.6 Å². The fourth-order valence-electron chi connectivity index (χ4n) is 0.903. The molecule has 13 heavy (non-hydrogen) atoms. The molecule has 0 radical (unpaired) electrons. The standard InChI is InChI=1S/C9H10ClNO2/c10-8-3-1-2-7(4-8)5-11-9(13)6-12/h1-4,12H,5-6H2,(H,11,13). The lowest BCUT2D eigenvalue weighted by atomic mass is 10.2. The summed E-state index contributed by atoms with van der Waals surface area (Å²) < 4.78 is 0. The third-order valence-corrected chi connectivity index (χ3v) is 1.76. The van der Waals surface area contributed by atoms with E-state index < -0.39 is 6.61 Å². The highest BCUT2D eigenvalue weighted by Crippen LogP contribution is 2.09. The number of hydrogen-bond acceptors (Lipinski definition) is 2. The molecule has 0 aromatic heterocycles. The van der Waals surface area contributed by atoms with Gasteiger partial charge in [0.1, 0.15) is 6.61 Å². The molecule has 0 unspecified atom stereocenters. The highest BCUT2D eigenvalue weighted by atomic mass is 35.5. The number of aliphatic hydroxyl groups excluding tert-OH is 1. The Kier molecular flexibility index (Phi) is 3.73. The van der Waals surface area contributed by atoms with Crippen molar-refractivity contribution < 1.29 is 9.90 Å². The normalized spacial score (nSPS) is 9.69. The molecular weight excluding hydrogens is 190 g/mol. The summed E-state index contributed by atoms with van der Waals surface area (Å²) in [6, 6.07) is 7.18. The highest BCUT2D eigenvalue weighted by Gasteiger charge is 1.98. The van der Waals surface area contributed by atoms with Gasteiger partial charge in [-0.15, -0.1) is 0 Å². The minimum atomic E-state index is -0.486. The summed E-state index contributed by atoms with van der Waals surface area (Å²) in [7, 11) is 0. The molecule has 1 aromatic carbocycles. The number of aliphatic hydroxyl groups is 1. The summed E-state index contributed by atoms with van der Waals surface area (Å²) in [6.07, 6.45) is 0. The molecule has 0 bridgehead atoms. The molecule has 0 fully saturated rings. The number of amides is 1. The van der Waals surface area contributed by atoms with Crippen molar-refractivity contribution in [2.24, 2.45) is 0 Å². The molecule has 0 spiro atoms. The molecule has 1 amide bonds. The van der Waals surface area contributed by atoms with Crippen LogP contribution in [0.4, 0.5) is 0 Å². The average molecular weight is 200 g/mol. The lowest BCUT2D eigenvalue weighted by Crippen LogP contribution is -2.25. The fraction of sp³-hybridized carbons (Fsp3) is 0.222. The summed E-state index contributed by atoms with van der Waals surface area (Å²) in [4.78, 5) is 10.7. The molecule has 0 aliphatic heterocycles. The molecule has 0 aliphatic carbocycles. The maximum atomic E-state index is 10.7. The van der Waals surface area contributed by atoms with Crippen molar-refractivity contribution in [3.63, 3.8) is 0 Å². The van der Waals surface area contributed by atoms with Crippen LogP contribution in [0.25, 0.3) is 0 Å². The predicted molar refractivity (Wildman–Crippen MR) is 50.4 cm³/mol. The van der Waals surface area contributed by atoms with Gasteiger partial charge < -0.3 is 10.4 Å². The van der Waals surface area contributed by atoms with Crippen LogP contribution in [0.3, 0.4) is 0 Å². The van der Waals surface area contributed by atoms with E-state index in [1.54, 1.807) is 12.1 Å². The van der Waals surface area contributed by atoms with Crippen molar-refractivity contribution in [1.82, 2.24) is 5.32 Å². The topological polar surface area (TPSA) is 49.3 Å². The fourth-order valence-corrected chi connectivity index (χ4v) is 1.12. The zero-order chi connectivity index (χ0) is 9.68. The van der Waals surface area contributed by atoms with Crippen molar-refractivity contribution >= 4 is 17.5 Å². The van der Waals surface area contributed by atoms with E-state index >= 15 is 0 Å². The first-order valence-corrected chi connectivity index (χ1v) is 4.22. The molecule has 0 aliphatic rings. The van der Waals surface area contributed by atoms with Gasteiger partial charge in [-0.2, -0.15) is 0 Å². The van der Waals surface area contributed by atoms with Gasteiger partial charge in [0.2, 0.25) is 5.91 Å². The summed E-state index contributed by atoms with van der Waals surface area (Å²) >= 11 is 5.73. The molecule has 0 atom stereocenters. The largest absolute Gasteiger partial charge is 0.387 e. The van der Waals surface area contributed by atoms with Crippen molar-refractivity contribution in [3.05, 3.63) is 34.9 Å². The van der Waals surface area contributed by atoms with Gasteiger partial charge in [-0.1, -0.05) is 23.7 Å². The second-order valence-electron chi connectivity index (χ2n) is 2.56. The zero-order valence-electron chi connectivity index (χ0n) is 6.96. The molecule has 0 saturated heterocycles. The van der Waals surface area contributed by atoms with Gasteiger partial charge in [0, 0.05) is 11.6 Å². The minimum Gasteiger partial charge on any atom is -0.387 e. The Morgan fingerprint density at radius 3 is 2.92 bits per heavy atom. The summed E-state index contributed by atoms with van der Waals surface area (Å²) in [5, 5.41) is 11.6. The Bertz CT molecular complexity index is 301. The quantitative estimate of drug-likeness (QED) is 0.762. The molecule has 2 N–H and O–H groups in total. The minimum absolute atomic E-state index is 0.389. The van der Waals surface area contributed by atoms with E-state index in [9.17, 15) is 4.79 Å². The number of carbonyl (C=O) groups excluding carboxylic acids is 1. The van der Waals surface area contributed by atoms with Gasteiger partial charge >= 0.3 is 0 Å². The van der Waals surface area contributed by atoms with Crippen LogP contribution < -0.4 is 5.32 Å². The number of carbonyl (C=O) groups is 1. The molecule has 70 valence electrons. The maximum absolute atomic E-state index is 10.7. The third-order valence-electron chi connectivity index (χ3n) is 1.52. The monoisotopic (exact) mass is 199 g/mol. The second kappa shape index (κ2) is 4.84. The van der Waals surface area contributed by atoms with E-state index in [4.69, 9.17) is 16.7 Å². The van der Waals surface area contributed by atoms with Crippen LogP contribution >= 0.6 is 11.6 Å². The van der Waals surface area contributed by atoms with Gasteiger partial charge in [-0.05, 0) is 17.7 Å². The zero-order valence-corrected chi connectivity index (χ0v) is 7.71. The Labute approximate surface area is 81.3 Å². The van der Waals surface area contributed by atoms with Crippen LogP contribution in [-0.4, -0.2) is 17.6 Å². The van der Waals surface area contributed by atoms with E-state index in [1.165, 1.54) is 0 Å². The smallest absolute Gasteiger partial charge is 0.245 e. The van der Waals surface area contributed by atoms with Crippen molar-refractivity contribution in [2.45, 2.75) is 6.54 Å². The molecule has 1 rings (SSSR count). The number of halogens is 1. The van der Waals surface area contributed by atoms with Crippen molar-refractivity contribution in [3.8, 4) is 0 Å². The SMILES string of the molecule is O=C(CO)NCc1cccc(Cl)c1. The Morgan fingerprint density at radius 1 is 1.54 bits per heavy atom. The van der Waals surface area contributed by atoms with Gasteiger partial charge in [0.25, 0.3) is 0 Å². The molecular formula is C9H10ClNO2. The second-order valence-corrected chi connectivity index (χ2v) is 3.00. The van der Waals surface area contributed by atoms with E-state index in [-0.39, 0.29) is 5.91 Å². The first-order valence-electron chi connectivity index (χ1n) is 3.84. The van der Waals surface area contributed by atoms with E-state index in [0.717, 1.165) is 5.56 Å². The Hall–Kier alpha value is -1.06. The predicted octanol–water partition coefficient (Wildman–Crippen LogP) is 0.948. The number of hydrogen-bond donors (Lipinski definition) is 2. The third kappa shape index (κ3) is 3.44. The molecule has 0 saturated carbocycles. The summed E-state index contributed by atoms with van der Waals surface area (Å²) in [5.74, 6) is -0.389. The highest BCUT2D eigenvalue weighted by molar-refractivity contribution is 6.30. The van der Waals surface area contributed by atoms with Crippen LogP contribution in [0.1, 0.15) is 5.56 Å². The van der Waals surface area contributed by atoms with Crippen LogP contribution in [0, 0.1) is 0 Å². The lowest BCUT2D eigenvalue weighted by molar-refractivity contribution is -0.123. The van der Waals surface area contributed by atoms with Crippen LogP contribution in [0.15, 0.2) is 24.3 Å². The van der Waals surface area contributed by atoms with Gasteiger partial charge in [-0.3, -0.25) is 4.79 Å². The maximum Gasteiger partial charge on any atom is 0.245 e. The summed E-state index contributed by atoms with van der Waals surface area (Å²) in [5.41, 5.74) is 0.911. The molecule has 4 heteroatoms. The molecule has 3 nitrogen and oxygen atoms in total. The van der Waals surface area contributed by atoms with E-state index in [2.05, 4.69) is 5.32 Å². The number of nitrogens with one attached hydrogen (secondary N) is 1. The number of rotatable bonds is 3. The van der Waals surface area contributed by atoms with Crippen LogP contribution in [0.5, 0.6) is 0 Å². The Balaban J connectivity index is 2.50. The van der Waals surface area contributed by atoms with Crippen molar-refractivity contribution in [1.29, 1.82) is 0 Å². The lowest BCUT2D eigenvalue weighted by Gasteiger charge is -2.02. The summed E-state index contributed by atoms with van der Waals surface area (Å²) in [6.45, 7) is -0.0967. The van der Waals surface area contributed by atoms with Gasteiger partial charge in [0.15, 0.2) is 0 Å². The molecule has 0 heterocycles. The van der Waals surface area contributed by atoms with E-state index in [1.807, 2.05) is 12.1 Å². The van der Waals surface area contributed by atoms with Crippen molar-refractivity contribution in [2.75, 3.05) is 6.61 Å². The molecule has 1 aromatic rings. The van der Waals surface area contributed by atoms with Gasteiger partial charge in [-0.25, -0.2) is 0 Å². The first kappa shape index (κ1) is 10.0. The number of benzene rings is 1. The average Bonchev–Trinajstić information content (AvgIpc) is 2.14. The Morgan fingerprint density at radius 2 is 2.31 bits per heavy atom. The van der Waals surface area contributed by atoms with Gasteiger partial charge in [0.05, 0.1) is 0 Å². The van der Waals surface area contributed by atoms with Crippen LogP contribution in [0.2, 0.25) is 5.02 Å². The first-order chi connectivity index (χ1) is 6.22.